The summed E-state index contributed by atoms with van der Waals surface area (Å²) in [5.74, 6) is 0.703. The van der Waals surface area contributed by atoms with Gasteiger partial charge < -0.3 is 10.2 Å². The molecule has 3 aliphatic rings. The zero-order valence-electron chi connectivity index (χ0n) is 15.9. The molecular weight excluding hydrogens is 340 g/mol. The minimum Gasteiger partial charge on any atom is -0.349 e. The smallest absolute Gasteiger partial charge is 0.251 e. The van der Waals surface area contributed by atoms with E-state index in [9.17, 15) is 14.4 Å². The number of benzene rings is 1. The van der Waals surface area contributed by atoms with Crippen LogP contribution in [0.2, 0.25) is 0 Å². The van der Waals surface area contributed by atoms with Gasteiger partial charge in [0.15, 0.2) is 0 Å². The van der Waals surface area contributed by atoms with E-state index in [1.54, 1.807) is 4.90 Å². The number of hydrogen-bond donors (Lipinski definition) is 1. The molecule has 3 aliphatic carbocycles. The fourth-order valence-corrected chi connectivity index (χ4v) is 4.60. The number of fused-ring (bicyclic) bond motifs is 2. The third-order valence-corrected chi connectivity index (χ3v) is 6.32. The molecule has 4 rings (SSSR count). The SMILES string of the molecule is CN(Cc1ccc(C(=O)NC2CC2)cc1)C(=O)C1CC2CCCC(C1)C2=O. The van der Waals surface area contributed by atoms with E-state index in [1.807, 2.05) is 31.3 Å². The van der Waals surface area contributed by atoms with Crippen molar-refractivity contribution in [1.82, 2.24) is 10.2 Å². The van der Waals surface area contributed by atoms with Crippen molar-refractivity contribution < 1.29 is 14.4 Å². The van der Waals surface area contributed by atoms with E-state index >= 15 is 0 Å². The number of carbonyl (C=O) groups excluding carboxylic acids is 3. The maximum atomic E-state index is 12.9. The van der Waals surface area contributed by atoms with Gasteiger partial charge in [-0.1, -0.05) is 18.6 Å². The number of nitrogens with one attached hydrogen (secondary N) is 1. The van der Waals surface area contributed by atoms with Crippen LogP contribution in [0.1, 0.15) is 60.9 Å². The summed E-state index contributed by atoms with van der Waals surface area (Å²) < 4.78 is 0. The minimum atomic E-state index is -0.0217. The summed E-state index contributed by atoms with van der Waals surface area (Å²) in [7, 11) is 1.84. The van der Waals surface area contributed by atoms with Crippen molar-refractivity contribution in [3.8, 4) is 0 Å². The highest BCUT2D eigenvalue weighted by Gasteiger charge is 2.41. The van der Waals surface area contributed by atoms with Crippen LogP contribution in [0.5, 0.6) is 0 Å². The summed E-state index contributed by atoms with van der Waals surface area (Å²) in [6, 6.07) is 7.85. The lowest BCUT2D eigenvalue weighted by atomic mass is 9.67. The van der Waals surface area contributed by atoms with Gasteiger partial charge in [-0.05, 0) is 56.2 Å². The molecule has 2 amide bonds. The Morgan fingerprint density at radius 3 is 2.26 bits per heavy atom. The van der Waals surface area contributed by atoms with E-state index in [0.29, 0.717) is 23.9 Å². The Hall–Kier alpha value is -2.17. The molecule has 27 heavy (non-hydrogen) atoms. The predicted molar refractivity (Wildman–Crippen MR) is 102 cm³/mol. The predicted octanol–water partition coefficient (Wildman–Crippen LogP) is 2.93. The maximum absolute atomic E-state index is 12.9. The number of carbonyl (C=O) groups is 3. The molecular formula is C22H28N2O3. The van der Waals surface area contributed by atoms with Crippen LogP contribution in [-0.2, 0) is 16.1 Å². The van der Waals surface area contributed by atoms with Gasteiger partial charge in [0.2, 0.25) is 5.91 Å². The third-order valence-electron chi connectivity index (χ3n) is 6.32. The van der Waals surface area contributed by atoms with E-state index < -0.39 is 0 Å². The second-order valence-electron chi connectivity index (χ2n) is 8.53. The Morgan fingerprint density at radius 2 is 1.67 bits per heavy atom. The van der Waals surface area contributed by atoms with Gasteiger partial charge >= 0.3 is 0 Å². The largest absolute Gasteiger partial charge is 0.349 e. The summed E-state index contributed by atoms with van der Waals surface area (Å²) in [5, 5.41) is 2.98. The van der Waals surface area contributed by atoms with Crippen LogP contribution in [0.15, 0.2) is 24.3 Å². The van der Waals surface area contributed by atoms with Crippen LogP contribution < -0.4 is 5.32 Å². The number of nitrogens with zero attached hydrogens (tertiary/aromatic N) is 1. The lowest BCUT2D eigenvalue weighted by molar-refractivity contribution is -0.142. The number of Topliss-reactive ketones (excluding diaryl/α,β-unsaturated/α-hetero) is 1. The quantitative estimate of drug-likeness (QED) is 0.869. The fraction of sp³-hybridized carbons (Fsp3) is 0.591. The molecule has 3 fully saturated rings. The van der Waals surface area contributed by atoms with Gasteiger partial charge in [0.25, 0.3) is 5.91 Å². The zero-order chi connectivity index (χ0) is 19.0. The first-order chi connectivity index (χ1) is 13.0. The average Bonchev–Trinajstić information content (AvgIpc) is 3.45. The van der Waals surface area contributed by atoms with Crippen molar-refractivity contribution >= 4 is 17.6 Å². The molecule has 5 heteroatoms. The standard InChI is InChI=1S/C22H28N2O3/c1-24(22(27)18-11-16-3-2-4-17(12-18)20(16)25)13-14-5-7-15(8-6-14)21(26)23-19-9-10-19/h5-8,16-19H,2-4,9-13H2,1H3,(H,23,26). The van der Waals surface area contributed by atoms with Crippen LogP contribution in [0.25, 0.3) is 0 Å². The van der Waals surface area contributed by atoms with Crippen LogP contribution in [0.4, 0.5) is 0 Å². The van der Waals surface area contributed by atoms with Crippen LogP contribution >= 0.6 is 0 Å². The van der Waals surface area contributed by atoms with Crippen molar-refractivity contribution in [2.45, 2.75) is 57.5 Å². The molecule has 0 heterocycles. The molecule has 3 saturated carbocycles. The number of rotatable bonds is 5. The van der Waals surface area contributed by atoms with E-state index in [0.717, 1.165) is 50.5 Å². The van der Waals surface area contributed by atoms with Crippen LogP contribution in [0, 0.1) is 17.8 Å². The average molecular weight is 368 g/mol. The molecule has 5 nitrogen and oxygen atoms in total. The first-order valence-corrected chi connectivity index (χ1v) is 10.2. The molecule has 0 radical (unpaired) electrons. The Bertz CT molecular complexity index is 722. The van der Waals surface area contributed by atoms with Gasteiger partial charge in [-0.3, -0.25) is 14.4 Å². The third kappa shape index (κ3) is 4.07. The lowest BCUT2D eigenvalue weighted by Gasteiger charge is -2.38. The maximum Gasteiger partial charge on any atom is 0.251 e. The molecule has 1 aromatic rings. The van der Waals surface area contributed by atoms with Gasteiger partial charge in [0.1, 0.15) is 5.78 Å². The van der Waals surface area contributed by atoms with Gasteiger partial charge in [-0.15, -0.1) is 0 Å². The fourth-order valence-electron chi connectivity index (χ4n) is 4.60. The molecule has 0 saturated heterocycles. The van der Waals surface area contributed by atoms with Gasteiger partial charge in [-0.2, -0.15) is 0 Å². The molecule has 0 aliphatic heterocycles. The van der Waals surface area contributed by atoms with Crippen molar-refractivity contribution in [3.63, 3.8) is 0 Å². The second-order valence-corrected chi connectivity index (χ2v) is 8.53. The van der Waals surface area contributed by atoms with E-state index in [1.165, 1.54) is 0 Å². The Kier molecular flexibility index (Phi) is 5.02. The monoisotopic (exact) mass is 368 g/mol. The summed E-state index contributed by atoms with van der Waals surface area (Å²) in [6.07, 6.45) is 6.62. The molecule has 0 aromatic heterocycles. The van der Waals surface area contributed by atoms with Crippen LogP contribution in [-0.4, -0.2) is 35.6 Å². The normalized spacial score (nSPS) is 27.1. The number of amides is 2. The van der Waals surface area contributed by atoms with Gasteiger partial charge in [-0.25, -0.2) is 0 Å². The molecule has 1 N–H and O–H groups in total. The van der Waals surface area contributed by atoms with Gasteiger partial charge in [0.05, 0.1) is 0 Å². The van der Waals surface area contributed by atoms with Crippen LogP contribution in [0.3, 0.4) is 0 Å². The number of hydrogen-bond acceptors (Lipinski definition) is 3. The van der Waals surface area contributed by atoms with Crippen molar-refractivity contribution in [2.24, 2.45) is 17.8 Å². The topological polar surface area (TPSA) is 66.5 Å². The van der Waals surface area contributed by atoms with Crippen molar-refractivity contribution in [2.75, 3.05) is 7.05 Å². The first-order valence-electron chi connectivity index (χ1n) is 10.2. The highest BCUT2D eigenvalue weighted by Crippen LogP contribution is 2.40. The van der Waals surface area contributed by atoms with Gasteiger partial charge in [0, 0.05) is 43.0 Å². The summed E-state index contributed by atoms with van der Waals surface area (Å²) in [4.78, 5) is 39.0. The first kappa shape index (κ1) is 18.2. The van der Waals surface area contributed by atoms with E-state index in [-0.39, 0.29) is 29.6 Å². The van der Waals surface area contributed by atoms with Crippen molar-refractivity contribution in [3.05, 3.63) is 35.4 Å². The van der Waals surface area contributed by atoms with Crippen molar-refractivity contribution in [1.29, 1.82) is 0 Å². The summed E-state index contributed by atoms with van der Waals surface area (Å²) in [6.45, 7) is 0.531. The molecule has 0 spiro atoms. The Labute approximate surface area is 160 Å². The molecule has 144 valence electrons. The number of ketones is 1. The summed E-state index contributed by atoms with van der Waals surface area (Å²) >= 11 is 0. The highest BCUT2D eigenvalue weighted by molar-refractivity contribution is 5.94. The zero-order valence-corrected chi connectivity index (χ0v) is 15.9. The lowest BCUT2D eigenvalue weighted by Crippen LogP contribution is -2.43. The van der Waals surface area contributed by atoms with E-state index in [4.69, 9.17) is 0 Å². The van der Waals surface area contributed by atoms with E-state index in [2.05, 4.69) is 5.32 Å². The summed E-state index contributed by atoms with van der Waals surface area (Å²) in [5.41, 5.74) is 1.68. The Morgan fingerprint density at radius 1 is 1.04 bits per heavy atom. The Balaban J connectivity index is 1.34. The molecule has 2 atom stereocenters. The molecule has 2 unspecified atom stereocenters. The molecule has 1 aromatic carbocycles. The highest BCUT2D eigenvalue weighted by atomic mass is 16.2. The second kappa shape index (κ2) is 7.45. The minimum absolute atomic E-state index is 0.0214. The molecule has 2 bridgehead atoms.